The summed E-state index contributed by atoms with van der Waals surface area (Å²) in [5, 5.41) is 0. The molecule has 2 aromatic rings. The number of hydrogen-bond acceptors (Lipinski definition) is 4. The average Bonchev–Trinajstić information content (AvgIpc) is 2.69. The van der Waals surface area contributed by atoms with Crippen molar-refractivity contribution in [3.05, 3.63) is 65.7 Å². The van der Waals surface area contributed by atoms with E-state index in [9.17, 15) is 9.59 Å². The predicted molar refractivity (Wildman–Crippen MR) is 98.8 cm³/mol. The van der Waals surface area contributed by atoms with Gasteiger partial charge in [-0.3, -0.25) is 20.4 Å². The van der Waals surface area contributed by atoms with E-state index in [2.05, 4.69) is 10.9 Å². The summed E-state index contributed by atoms with van der Waals surface area (Å²) in [6.45, 7) is 3.31. The van der Waals surface area contributed by atoms with Crippen LogP contribution >= 0.6 is 0 Å². The molecular weight excluding hydrogens is 332 g/mol. The average molecular weight is 356 g/mol. The number of carbonyl (C=O) groups is 2. The quantitative estimate of drug-likeness (QED) is 0.535. The highest BCUT2D eigenvalue weighted by Crippen LogP contribution is 2.17. The van der Waals surface area contributed by atoms with Crippen LogP contribution in [0.4, 0.5) is 0 Å². The molecule has 0 aliphatic rings. The van der Waals surface area contributed by atoms with Crippen LogP contribution in [0.3, 0.4) is 0 Å². The molecule has 2 aromatic carbocycles. The molecule has 0 aromatic heterocycles. The second kappa shape index (κ2) is 10.9. The van der Waals surface area contributed by atoms with Gasteiger partial charge in [0.05, 0.1) is 12.2 Å². The molecule has 0 radical (unpaired) electrons. The number of benzene rings is 2. The van der Waals surface area contributed by atoms with Crippen molar-refractivity contribution in [1.82, 2.24) is 10.9 Å². The molecule has 6 nitrogen and oxygen atoms in total. The molecule has 0 saturated heterocycles. The maximum Gasteiger partial charge on any atom is 0.273 e. The summed E-state index contributed by atoms with van der Waals surface area (Å²) < 4.78 is 10.8. The lowest BCUT2D eigenvalue weighted by atomic mass is 10.1. The van der Waals surface area contributed by atoms with Gasteiger partial charge in [-0.15, -0.1) is 0 Å². The van der Waals surface area contributed by atoms with E-state index in [0.29, 0.717) is 37.6 Å². The zero-order valence-corrected chi connectivity index (χ0v) is 14.9. The first-order chi connectivity index (χ1) is 12.7. The number of para-hydroxylation sites is 1. The number of aryl methyl sites for hydroxylation is 1. The number of carbonyl (C=O) groups excluding carboxylic acids is 2. The van der Waals surface area contributed by atoms with E-state index in [1.54, 1.807) is 24.3 Å². The fraction of sp³-hybridized carbons (Fsp3) is 0.300. The van der Waals surface area contributed by atoms with Crippen LogP contribution in [0.5, 0.6) is 5.75 Å². The normalized spacial score (nSPS) is 10.2. The summed E-state index contributed by atoms with van der Waals surface area (Å²) in [5.41, 5.74) is 6.29. The van der Waals surface area contributed by atoms with Gasteiger partial charge in [0, 0.05) is 13.0 Å². The van der Waals surface area contributed by atoms with Gasteiger partial charge in [0.25, 0.3) is 5.91 Å². The third-order valence-electron chi connectivity index (χ3n) is 3.62. The number of hydrazine groups is 1. The van der Waals surface area contributed by atoms with Crippen molar-refractivity contribution in [2.24, 2.45) is 0 Å². The maximum absolute atomic E-state index is 12.3. The summed E-state index contributed by atoms with van der Waals surface area (Å²) in [6.07, 6.45) is 0.899. The van der Waals surface area contributed by atoms with Gasteiger partial charge in [0.2, 0.25) is 5.91 Å². The Balaban J connectivity index is 1.80. The minimum Gasteiger partial charge on any atom is -0.490 e. The Labute approximate surface area is 153 Å². The van der Waals surface area contributed by atoms with Crippen LogP contribution in [0.25, 0.3) is 0 Å². The van der Waals surface area contributed by atoms with Crippen molar-refractivity contribution in [3.63, 3.8) is 0 Å². The Morgan fingerprint density at radius 1 is 0.923 bits per heavy atom. The summed E-state index contributed by atoms with van der Waals surface area (Å²) in [4.78, 5) is 24.2. The maximum atomic E-state index is 12.3. The van der Waals surface area contributed by atoms with Crippen LogP contribution < -0.4 is 15.6 Å². The molecule has 0 fully saturated rings. The summed E-state index contributed by atoms with van der Waals surface area (Å²) in [7, 11) is 0. The highest BCUT2D eigenvalue weighted by molar-refractivity contribution is 5.97. The molecule has 0 aliphatic carbocycles. The van der Waals surface area contributed by atoms with E-state index in [-0.39, 0.29) is 12.3 Å². The standard InChI is InChI=1S/C20H24N2O4/c1-2-25-14-15-26-18-11-7-6-10-17(18)20(24)22-21-19(23)13-12-16-8-4-3-5-9-16/h3-11H,2,12-15H2,1H3,(H,21,23)(H,22,24). The van der Waals surface area contributed by atoms with Crippen LogP contribution in [-0.2, 0) is 16.0 Å². The van der Waals surface area contributed by atoms with Crippen molar-refractivity contribution in [1.29, 1.82) is 0 Å². The minimum atomic E-state index is -0.426. The fourth-order valence-electron chi connectivity index (χ4n) is 2.29. The fourth-order valence-corrected chi connectivity index (χ4v) is 2.29. The molecule has 0 bridgehead atoms. The van der Waals surface area contributed by atoms with Gasteiger partial charge in [-0.25, -0.2) is 0 Å². The Hall–Kier alpha value is -2.86. The number of ether oxygens (including phenoxy) is 2. The molecule has 0 unspecified atom stereocenters. The van der Waals surface area contributed by atoms with E-state index >= 15 is 0 Å². The SMILES string of the molecule is CCOCCOc1ccccc1C(=O)NNC(=O)CCc1ccccc1. The molecule has 0 saturated carbocycles. The van der Waals surface area contributed by atoms with Crippen LogP contribution in [0.2, 0.25) is 0 Å². The van der Waals surface area contributed by atoms with Crippen molar-refractivity contribution < 1.29 is 19.1 Å². The number of amides is 2. The smallest absolute Gasteiger partial charge is 0.273 e. The topological polar surface area (TPSA) is 76.7 Å². The number of hydrogen-bond donors (Lipinski definition) is 2. The Morgan fingerprint density at radius 3 is 2.42 bits per heavy atom. The molecule has 2 N–H and O–H groups in total. The minimum absolute atomic E-state index is 0.253. The van der Waals surface area contributed by atoms with Gasteiger partial charge in [-0.2, -0.15) is 0 Å². The lowest BCUT2D eigenvalue weighted by Crippen LogP contribution is -2.41. The van der Waals surface area contributed by atoms with E-state index in [0.717, 1.165) is 5.56 Å². The predicted octanol–water partition coefficient (Wildman–Crippen LogP) is 2.50. The zero-order valence-electron chi connectivity index (χ0n) is 14.9. The summed E-state index contributed by atoms with van der Waals surface area (Å²) in [5.74, 6) is -0.231. The second-order valence-electron chi connectivity index (χ2n) is 5.53. The molecule has 0 aliphatic heterocycles. The number of rotatable bonds is 9. The molecule has 138 valence electrons. The second-order valence-corrected chi connectivity index (χ2v) is 5.53. The van der Waals surface area contributed by atoms with Gasteiger partial charge in [-0.05, 0) is 31.0 Å². The first kappa shape index (κ1) is 19.5. The molecule has 6 heteroatoms. The summed E-state index contributed by atoms with van der Waals surface area (Å²) in [6, 6.07) is 16.6. The summed E-state index contributed by atoms with van der Waals surface area (Å²) >= 11 is 0. The van der Waals surface area contributed by atoms with Gasteiger partial charge >= 0.3 is 0 Å². The Kier molecular flexibility index (Phi) is 8.15. The third kappa shape index (κ3) is 6.57. The van der Waals surface area contributed by atoms with Crippen LogP contribution in [0.15, 0.2) is 54.6 Å². The van der Waals surface area contributed by atoms with Crippen LogP contribution in [0, 0.1) is 0 Å². The lowest BCUT2D eigenvalue weighted by Gasteiger charge is -2.12. The molecule has 26 heavy (non-hydrogen) atoms. The van der Waals surface area contributed by atoms with Gasteiger partial charge in [0.1, 0.15) is 12.4 Å². The first-order valence-electron chi connectivity index (χ1n) is 8.63. The highest BCUT2D eigenvalue weighted by atomic mass is 16.5. The van der Waals surface area contributed by atoms with E-state index < -0.39 is 5.91 Å². The van der Waals surface area contributed by atoms with Crippen molar-refractivity contribution in [3.8, 4) is 5.75 Å². The van der Waals surface area contributed by atoms with Crippen molar-refractivity contribution in [2.75, 3.05) is 19.8 Å². The molecule has 0 heterocycles. The van der Waals surface area contributed by atoms with Crippen LogP contribution in [-0.4, -0.2) is 31.6 Å². The molecule has 2 amide bonds. The number of nitrogens with one attached hydrogen (secondary N) is 2. The van der Waals surface area contributed by atoms with Crippen molar-refractivity contribution >= 4 is 11.8 Å². The van der Waals surface area contributed by atoms with E-state index in [4.69, 9.17) is 9.47 Å². The van der Waals surface area contributed by atoms with Gasteiger partial charge in [0.15, 0.2) is 0 Å². The Morgan fingerprint density at radius 2 is 1.65 bits per heavy atom. The third-order valence-corrected chi connectivity index (χ3v) is 3.62. The monoisotopic (exact) mass is 356 g/mol. The van der Waals surface area contributed by atoms with Crippen molar-refractivity contribution in [2.45, 2.75) is 19.8 Å². The van der Waals surface area contributed by atoms with E-state index in [1.807, 2.05) is 37.3 Å². The molecule has 2 rings (SSSR count). The Bertz CT molecular complexity index is 704. The zero-order chi connectivity index (χ0) is 18.6. The molecular formula is C20H24N2O4. The first-order valence-corrected chi connectivity index (χ1v) is 8.63. The van der Waals surface area contributed by atoms with Gasteiger partial charge in [-0.1, -0.05) is 42.5 Å². The van der Waals surface area contributed by atoms with Gasteiger partial charge < -0.3 is 9.47 Å². The lowest BCUT2D eigenvalue weighted by molar-refractivity contribution is -0.121. The van der Waals surface area contributed by atoms with E-state index in [1.165, 1.54) is 0 Å². The molecule has 0 atom stereocenters. The van der Waals surface area contributed by atoms with Crippen LogP contribution in [0.1, 0.15) is 29.3 Å². The largest absolute Gasteiger partial charge is 0.490 e. The molecule has 0 spiro atoms. The highest BCUT2D eigenvalue weighted by Gasteiger charge is 2.13.